The van der Waals surface area contributed by atoms with Crippen LogP contribution in [0.5, 0.6) is 5.75 Å². The van der Waals surface area contributed by atoms with Crippen LogP contribution in [0, 0.1) is 6.92 Å². The van der Waals surface area contributed by atoms with E-state index < -0.39 is 0 Å². The first-order valence-corrected chi connectivity index (χ1v) is 13.7. The Balaban J connectivity index is 1.30. The number of aryl methyl sites for hydroxylation is 1. The molecule has 6 rings (SSSR count). The number of ether oxygens (including phenoxy) is 1. The lowest BCUT2D eigenvalue weighted by Gasteiger charge is -2.16. The van der Waals surface area contributed by atoms with E-state index in [9.17, 15) is 4.79 Å². The van der Waals surface area contributed by atoms with Crippen molar-refractivity contribution in [3.8, 4) is 16.2 Å². The van der Waals surface area contributed by atoms with Crippen LogP contribution < -0.4 is 10.5 Å². The van der Waals surface area contributed by atoms with Crippen LogP contribution in [-0.4, -0.2) is 70.1 Å². The predicted molar refractivity (Wildman–Crippen MR) is 149 cm³/mol. The van der Waals surface area contributed by atoms with E-state index in [0.29, 0.717) is 12.4 Å². The lowest BCUT2D eigenvalue weighted by Crippen LogP contribution is -2.28. The van der Waals surface area contributed by atoms with Crippen molar-refractivity contribution in [2.45, 2.75) is 32.2 Å². The molecule has 2 saturated heterocycles. The largest absolute Gasteiger partial charge is 0.495 e. The fourth-order valence-corrected chi connectivity index (χ4v) is 6.81. The van der Waals surface area contributed by atoms with Gasteiger partial charge in [0.2, 0.25) is 5.91 Å². The van der Waals surface area contributed by atoms with Crippen molar-refractivity contribution >= 4 is 44.2 Å². The highest BCUT2D eigenvalue weighted by Crippen LogP contribution is 2.43. The maximum Gasteiger partial charge on any atom is 0.246 e. The minimum atomic E-state index is 0.0829. The number of anilines is 1. The molecule has 0 radical (unpaired) electrons. The quantitative estimate of drug-likeness (QED) is 0.376. The highest BCUT2D eigenvalue weighted by Gasteiger charge is 2.29. The van der Waals surface area contributed by atoms with Crippen molar-refractivity contribution < 1.29 is 9.53 Å². The first-order chi connectivity index (χ1) is 18.0. The number of nitrogens with zero attached hydrogens (tertiary/aromatic N) is 5. The lowest BCUT2D eigenvalue weighted by atomic mass is 10.1. The Morgan fingerprint density at radius 3 is 2.86 bits per heavy atom. The molecule has 0 aliphatic carbocycles. The number of hydrogen-bond donors (Lipinski definition) is 1. The second-order valence-electron chi connectivity index (χ2n) is 10.0. The Morgan fingerprint density at radius 2 is 2.05 bits per heavy atom. The molecule has 8 nitrogen and oxygen atoms in total. The molecule has 0 bridgehead atoms. The summed E-state index contributed by atoms with van der Waals surface area (Å²) in [5.74, 6) is 1.43. The van der Waals surface area contributed by atoms with E-state index in [2.05, 4.69) is 50.8 Å². The molecule has 1 amide bonds. The topological polar surface area (TPSA) is 89.5 Å². The van der Waals surface area contributed by atoms with Gasteiger partial charge in [-0.3, -0.25) is 9.69 Å². The Labute approximate surface area is 220 Å². The van der Waals surface area contributed by atoms with Gasteiger partial charge in [0.05, 0.1) is 23.2 Å². The number of nitrogens with two attached hydrogens (primary N) is 1. The zero-order chi connectivity index (χ0) is 25.5. The molecule has 2 N–H and O–H groups in total. The van der Waals surface area contributed by atoms with Crippen LogP contribution in [-0.2, 0) is 4.79 Å². The number of hydrogen-bond acceptors (Lipinski definition) is 7. The monoisotopic (exact) mass is 516 g/mol. The van der Waals surface area contributed by atoms with Gasteiger partial charge < -0.3 is 19.9 Å². The van der Waals surface area contributed by atoms with E-state index in [4.69, 9.17) is 10.5 Å². The molecule has 1 unspecified atom stereocenters. The summed E-state index contributed by atoms with van der Waals surface area (Å²) in [5.41, 5.74) is 9.39. The molecule has 0 spiro atoms. The molecule has 0 saturated carbocycles. The zero-order valence-electron chi connectivity index (χ0n) is 21.3. The Morgan fingerprint density at radius 1 is 1.22 bits per heavy atom. The van der Waals surface area contributed by atoms with Gasteiger partial charge in [0, 0.05) is 42.3 Å². The maximum atomic E-state index is 12.9. The van der Waals surface area contributed by atoms with Crippen LogP contribution in [0.1, 0.15) is 30.9 Å². The van der Waals surface area contributed by atoms with Crippen LogP contribution >= 0.6 is 11.3 Å². The van der Waals surface area contributed by atoms with Crippen LogP contribution in [0.25, 0.3) is 31.6 Å². The number of fused-ring (bicyclic) bond motifs is 2. The van der Waals surface area contributed by atoms with Crippen molar-refractivity contribution in [2.24, 2.45) is 0 Å². The minimum Gasteiger partial charge on any atom is -0.495 e. The summed E-state index contributed by atoms with van der Waals surface area (Å²) in [6.07, 6.45) is 10.8. The minimum absolute atomic E-state index is 0.0829. The molecule has 2 aliphatic heterocycles. The van der Waals surface area contributed by atoms with Gasteiger partial charge in [-0.05, 0) is 62.4 Å². The summed E-state index contributed by atoms with van der Waals surface area (Å²) in [4.78, 5) is 27.2. The van der Waals surface area contributed by atoms with Gasteiger partial charge in [-0.15, -0.1) is 11.3 Å². The molecule has 5 heterocycles. The van der Waals surface area contributed by atoms with E-state index in [0.717, 1.165) is 75.5 Å². The summed E-state index contributed by atoms with van der Waals surface area (Å²) in [6, 6.07) is 6.56. The smallest absolute Gasteiger partial charge is 0.246 e. The van der Waals surface area contributed by atoms with Crippen molar-refractivity contribution in [3.05, 3.63) is 48.4 Å². The molecule has 37 heavy (non-hydrogen) atoms. The first-order valence-electron chi connectivity index (χ1n) is 12.9. The number of carbonyl (C=O) groups excluding carboxylic acids is 1. The summed E-state index contributed by atoms with van der Waals surface area (Å²) in [5, 5.41) is 2.01. The molecule has 1 aromatic carbocycles. The third kappa shape index (κ3) is 4.46. The molecular weight excluding hydrogens is 484 g/mol. The number of benzene rings is 1. The lowest BCUT2D eigenvalue weighted by molar-refractivity contribution is -0.125. The van der Waals surface area contributed by atoms with E-state index in [1.807, 2.05) is 11.0 Å². The molecule has 3 aromatic heterocycles. The number of carbonyl (C=O) groups is 1. The average molecular weight is 517 g/mol. The van der Waals surface area contributed by atoms with Gasteiger partial charge in [-0.1, -0.05) is 12.1 Å². The molecule has 9 heteroatoms. The predicted octanol–water partition coefficient (Wildman–Crippen LogP) is 4.64. The first kappa shape index (κ1) is 23.9. The number of likely N-dealkylation sites (tertiary alicyclic amines) is 2. The SMILES string of the molecule is COc1cc(C)cc2cc(-c3cn(C4CCN(C(=O)/C=C/CN5CCCC5)C4)c4ncnc(N)c34)sc12. The Hall–Kier alpha value is -3.43. The van der Waals surface area contributed by atoms with Gasteiger partial charge in [0.25, 0.3) is 0 Å². The van der Waals surface area contributed by atoms with Gasteiger partial charge in [-0.25, -0.2) is 9.97 Å². The second kappa shape index (κ2) is 9.79. The number of aromatic nitrogens is 3. The summed E-state index contributed by atoms with van der Waals surface area (Å²) in [6.45, 7) is 6.57. The highest BCUT2D eigenvalue weighted by atomic mass is 32.1. The number of nitrogen functional groups attached to an aromatic ring is 1. The fourth-order valence-electron chi connectivity index (χ4n) is 5.66. The molecular formula is C28H32N6O2S. The number of methoxy groups -OCH3 is 1. The molecule has 4 aromatic rings. The van der Waals surface area contributed by atoms with Gasteiger partial charge in [0.1, 0.15) is 23.5 Å². The Bertz CT molecular complexity index is 1500. The van der Waals surface area contributed by atoms with E-state index in [1.54, 1.807) is 24.5 Å². The molecule has 1 atom stereocenters. The van der Waals surface area contributed by atoms with Crippen LogP contribution in [0.4, 0.5) is 5.82 Å². The summed E-state index contributed by atoms with van der Waals surface area (Å²) >= 11 is 1.69. The van der Waals surface area contributed by atoms with Crippen LogP contribution in [0.15, 0.2) is 42.9 Å². The van der Waals surface area contributed by atoms with E-state index in [-0.39, 0.29) is 11.9 Å². The molecule has 2 aliphatic rings. The van der Waals surface area contributed by atoms with Gasteiger partial charge >= 0.3 is 0 Å². The maximum absolute atomic E-state index is 12.9. The van der Waals surface area contributed by atoms with Crippen molar-refractivity contribution in [1.82, 2.24) is 24.3 Å². The fraction of sp³-hybridized carbons (Fsp3) is 0.393. The Kier molecular flexibility index (Phi) is 6.34. The van der Waals surface area contributed by atoms with Gasteiger partial charge in [0.15, 0.2) is 0 Å². The van der Waals surface area contributed by atoms with Crippen molar-refractivity contribution in [3.63, 3.8) is 0 Å². The summed E-state index contributed by atoms with van der Waals surface area (Å²) < 4.78 is 8.96. The normalized spacial score (nSPS) is 18.6. The van der Waals surface area contributed by atoms with Crippen molar-refractivity contribution in [1.29, 1.82) is 0 Å². The summed E-state index contributed by atoms with van der Waals surface area (Å²) in [7, 11) is 1.71. The van der Waals surface area contributed by atoms with Gasteiger partial charge in [-0.2, -0.15) is 0 Å². The number of amides is 1. The molecule has 2 fully saturated rings. The van der Waals surface area contributed by atoms with Crippen molar-refractivity contribution in [2.75, 3.05) is 45.6 Å². The average Bonchev–Trinajstić information content (AvgIpc) is 3.68. The number of rotatable bonds is 6. The number of thiophene rings is 1. The van der Waals surface area contributed by atoms with E-state index >= 15 is 0 Å². The standard InChI is InChI=1S/C28H32N6O2S/c1-18-12-19-14-23(37-26(19)22(13-18)36-2)21-16-34(28-25(21)27(29)30-17-31-28)20-7-11-33(15-20)24(35)6-5-10-32-8-3-4-9-32/h5-6,12-14,16-17,20H,3-4,7-11,15H2,1-2H3,(H2,29,30,31)/b6-5+. The van der Waals surface area contributed by atoms with Crippen LogP contribution in [0.3, 0.4) is 0 Å². The molecule has 192 valence electrons. The second-order valence-corrected chi connectivity index (χ2v) is 11.1. The zero-order valence-corrected chi connectivity index (χ0v) is 22.1. The highest BCUT2D eigenvalue weighted by molar-refractivity contribution is 7.22. The van der Waals surface area contributed by atoms with Crippen LogP contribution in [0.2, 0.25) is 0 Å². The third-order valence-electron chi connectivity index (χ3n) is 7.54. The van der Waals surface area contributed by atoms with E-state index in [1.165, 1.54) is 19.2 Å². The third-order valence-corrected chi connectivity index (χ3v) is 8.74.